The van der Waals surface area contributed by atoms with E-state index in [9.17, 15) is 4.79 Å². The average molecular weight is 279 g/mol. The standard InChI is InChI=1S/C14H15ClN2O2/c1-9-2-5-12(19-9)8-17-7-11-4-3-10(14(16)18)6-13(11)15/h2-6,17H,7-8H2,1H3,(H2,16,18). The number of hydrogen-bond donors (Lipinski definition) is 2. The number of halogens is 1. The van der Waals surface area contributed by atoms with Crippen LogP contribution in [0.3, 0.4) is 0 Å². The van der Waals surface area contributed by atoms with E-state index in [1.54, 1.807) is 18.2 Å². The minimum Gasteiger partial charge on any atom is -0.465 e. The van der Waals surface area contributed by atoms with Crippen LogP contribution in [0.2, 0.25) is 5.02 Å². The normalized spacial score (nSPS) is 10.6. The molecule has 1 aromatic carbocycles. The number of hydrogen-bond acceptors (Lipinski definition) is 3. The van der Waals surface area contributed by atoms with Crippen molar-refractivity contribution in [2.75, 3.05) is 0 Å². The molecule has 0 atom stereocenters. The Morgan fingerprint density at radius 1 is 1.32 bits per heavy atom. The van der Waals surface area contributed by atoms with Gasteiger partial charge in [-0.05, 0) is 36.8 Å². The highest BCUT2D eigenvalue weighted by atomic mass is 35.5. The first-order chi connectivity index (χ1) is 9.06. The lowest BCUT2D eigenvalue weighted by Gasteiger charge is -2.06. The molecule has 100 valence electrons. The molecule has 0 fully saturated rings. The summed E-state index contributed by atoms with van der Waals surface area (Å²) in [6.07, 6.45) is 0. The highest BCUT2D eigenvalue weighted by molar-refractivity contribution is 6.31. The minimum atomic E-state index is -0.479. The Bertz CT molecular complexity index is 593. The molecule has 3 N–H and O–H groups in total. The number of carbonyl (C=O) groups excluding carboxylic acids is 1. The van der Waals surface area contributed by atoms with Crippen LogP contribution in [0.25, 0.3) is 0 Å². The summed E-state index contributed by atoms with van der Waals surface area (Å²) in [5, 5.41) is 3.75. The molecule has 0 aliphatic rings. The fourth-order valence-corrected chi connectivity index (χ4v) is 1.99. The maximum Gasteiger partial charge on any atom is 0.248 e. The molecule has 0 aliphatic carbocycles. The molecule has 5 heteroatoms. The zero-order valence-corrected chi connectivity index (χ0v) is 11.3. The summed E-state index contributed by atoms with van der Waals surface area (Å²) in [6, 6.07) is 8.90. The Labute approximate surface area is 116 Å². The van der Waals surface area contributed by atoms with Gasteiger partial charge in [-0.25, -0.2) is 0 Å². The number of nitrogens with one attached hydrogen (secondary N) is 1. The van der Waals surface area contributed by atoms with Crippen LogP contribution in [-0.2, 0) is 13.1 Å². The van der Waals surface area contributed by atoms with Gasteiger partial charge < -0.3 is 15.5 Å². The van der Waals surface area contributed by atoms with Crippen molar-refractivity contribution in [3.8, 4) is 0 Å². The molecule has 2 aromatic rings. The number of rotatable bonds is 5. The van der Waals surface area contributed by atoms with E-state index in [1.807, 2.05) is 19.1 Å². The number of furan rings is 1. The summed E-state index contributed by atoms with van der Waals surface area (Å²) in [7, 11) is 0. The summed E-state index contributed by atoms with van der Waals surface area (Å²) < 4.78 is 5.45. The van der Waals surface area contributed by atoms with E-state index in [2.05, 4.69) is 5.32 Å². The predicted molar refractivity (Wildman–Crippen MR) is 74.0 cm³/mol. The second-order valence-electron chi connectivity index (χ2n) is 4.29. The molecule has 0 spiro atoms. The molecule has 0 saturated heterocycles. The van der Waals surface area contributed by atoms with E-state index in [-0.39, 0.29) is 0 Å². The van der Waals surface area contributed by atoms with Crippen molar-refractivity contribution in [3.05, 3.63) is 58.0 Å². The Balaban J connectivity index is 1.94. The van der Waals surface area contributed by atoms with Gasteiger partial charge in [0.25, 0.3) is 0 Å². The minimum absolute atomic E-state index is 0.412. The largest absolute Gasteiger partial charge is 0.465 e. The molecule has 0 radical (unpaired) electrons. The van der Waals surface area contributed by atoms with E-state index < -0.39 is 5.91 Å². The molecule has 1 aromatic heterocycles. The molecule has 1 heterocycles. The van der Waals surface area contributed by atoms with Gasteiger partial charge in [0.2, 0.25) is 5.91 Å². The van der Waals surface area contributed by atoms with E-state index in [4.69, 9.17) is 21.8 Å². The zero-order chi connectivity index (χ0) is 13.8. The third-order valence-electron chi connectivity index (χ3n) is 2.75. The third kappa shape index (κ3) is 3.59. The van der Waals surface area contributed by atoms with Crippen molar-refractivity contribution in [1.29, 1.82) is 0 Å². The lowest BCUT2D eigenvalue weighted by molar-refractivity contribution is 0.100. The van der Waals surface area contributed by atoms with Crippen LogP contribution in [0.5, 0.6) is 0 Å². The topological polar surface area (TPSA) is 68.3 Å². The second kappa shape index (κ2) is 5.91. The number of primary amides is 1. The summed E-state index contributed by atoms with van der Waals surface area (Å²) in [5.41, 5.74) is 6.51. The van der Waals surface area contributed by atoms with Gasteiger partial charge in [0.05, 0.1) is 6.54 Å². The molecule has 0 unspecified atom stereocenters. The molecular weight excluding hydrogens is 264 g/mol. The molecule has 1 amide bonds. The Morgan fingerprint density at radius 3 is 2.68 bits per heavy atom. The van der Waals surface area contributed by atoms with Crippen molar-refractivity contribution < 1.29 is 9.21 Å². The maximum absolute atomic E-state index is 11.0. The molecule has 0 bridgehead atoms. The molecule has 0 saturated carbocycles. The monoisotopic (exact) mass is 278 g/mol. The van der Waals surface area contributed by atoms with Gasteiger partial charge in [-0.2, -0.15) is 0 Å². The van der Waals surface area contributed by atoms with Gasteiger partial charge in [0.1, 0.15) is 11.5 Å². The quantitative estimate of drug-likeness (QED) is 0.883. The number of nitrogens with two attached hydrogens (primary N) is 1. The van der Waals surface area contributed by atoms with E-state index in [0.29, 0.717) is 23.7 Å². The summed E-state index contributed by atoms with van der Waals surface area (Å²) in [5.74, 6) is 1.29. The molecule has 0 aliphatic heterocycles. The van der Waals surface area contributed by atoms with Crippen LogP contribution in [0, 0.1) is 6.92 Å². The number of benzene rings is 1. The maximum atomic E-state index is 11.0. The Kier molecular flexibility index (Phi) is 4.24. The SMILES string of the molecule is Cc1ccc(CNCc2ccc(C(N)=O)cc2Cl)o1. The van der Waals surface area contributed by atoms with Gasteiger partial charge in [-0.1, -0.05) is 17.7 Å². The average Bonchev–Trinajstić information content (AvgIpc) is 2.77. The van der Waals surface area contributed by atoms with Crippen molar-refractivity contribution >= 4 is 17.5 Å². The van der Waals surface area contributed by atoms with Crippen LogP contribution < -0.4 is 11.1 Å². The van der Waals surface area contributed by atoms with Crippen LogP contribution >= 0.6 is 11.6 Å². The van der Waals surface area contributed by atoms with Crippen molar-refractivity contribution in [2.24, 2.45) is 5.73 Å². The summed E-state index contributed by atoms with van der Waals surface area (Å²) >= 11 is 6.09. The van der Waals surface area contributed by atoms with Crippen molar-refractivity contribution in [1.82, 2.24) is 5.32 Å². The first-order valence-electron chi connectivity index (χ1n) is 5.90. The van der Waals surface area contributed by atoms with Crippen molar-refractivity contribution in [2.45, 2.75) is 20.0 Å². The predicted octanol–water partition coefficient (Wildman–Crippen LogP) is 2.63. The highest BCUT2D eigenvalue weighted by Crippen LogP contribution is 2.18. The van der Waals surface area contributed by atoms with Crippen LogP contribution in [0.1, 0.15) is 27.4 Å². The zero-order valence-electron chi connectivity index (χ0n) is 10.6. The number of carbonyl (C=O) groups is 1. The van der Waals surface area contributed by atoms with E-state index in [0.717, 1.165) is 17.1 Å². The Hall–Kier alpha value is -1.78. The number of aryl methyl sites for hydroxylation is 1. The Morgan fingerprint density at radius 2 is 2.11 bits per heavy atom. The molecule has 2 rings (SSSR count). The molecule has 4 nitrogen and oxygen atoms in total. The first kappa shape index (κ1) is 13.6. The van der Waals surface area contributed by atoms with Crippen LogP contribution in [0.4, 0.5) is 0 Å². The van der Waals surface area contributed by atoms with Crippen LogP contribution in [-0.4, -0.2) is 5.91 Å². The van der Waals surface area contributed by atoms with E-state index >= 15 is 0 Å². The van der Waals surface area contributed by atoms with Gasteiger partial charge >= 0.3 is 0 Å². The van der Waals surface area contributed by atoms with Crippen molar-refractivity contribution in [3.63, 3.8) is 0 Å². The fraction of sp³-hybridized carbons (Fsp3) is 0.214. The lowest BCUT2D eigenvalue weighted by atomic mass is 10.1. The van der Waals surface area contributed by atoms with Gasteiger partial charge in [0.15, 0.2) is 0 Å². The smallest absolute Gasteiger partial charge is 0.248 e. The first-order valence-corrected chi connectivity index (χ1v) is 6.28. The lowest BCUT2D eigenvalue weighted by Crippen LogP contribution is -2.14. The summed E-state index contributed by atoms with van der Waals surface area (Å²) in [4.78, 5) is 11.0. The van der Waals surface area contributed by atoms with E-state index in [1.165, 1.54) is 0 Å². The third-order valence-corrected chi connectivity index (χ3v) is 3.10. The van der Waals surface area contributed by atoms with Gasteiger partial charge in [0, 0.05) is 17.1 Å². The van der Waals surface area contributed by atoms with Gasteiger partial charge in [-0.15, -0.1) is 0 Å². The number of amides is 1. The fourth-order valence-electron chi connectivity index (χ4n) is 1.74. The second-order valence-corrected chi connectivity index (χ2v) is 4.69. The van der Waals surface area contributed by atoms with Gasteiger partial charge in [-0.3, -0.25) is 4.79 Å². The molecule has 19 heavy (non-hydrogen) atoms. The van der Waals surface area contributed by atoms with Crippen LogP contribution in [0.15, 0.2) is 34.7 Å². The molecular formula is C14H15ClN2O2. The summed E-state index contributed by atoms with van der Waals surface area (Å²) in [6.45, 7) is 3.13. The highest BCUT2D eigenvalue weighted by Gasteiger charge is 2.06.